The molecular weight excluding hydrogens is 432 g/mol. The molecule has 6 rings (SSSR count). The minimum atomic E-state index is -1.49. The Bertz CT molecular complexity index is 1110. The molecule has 8 nitrogen and oxygen atoms in total. The van der Waals surface area contributed by atoms with E-state index in [4.69, 9.17) is 5.21 Å². The first-order valence-electron chi connectivity index (χ1n) is 12.8. The smallest absolute Gasteiger partial charge is 0.360 e. The van der Waals surface area contributed by atoms with E-state index in [2.05, 4.69) is 15.5 Å². The molecule has 2 aromatic rings. The zero-order valence-corrected chi connectivity index (χ0v) is 19.5. The maximum atomic E-state index is 13.0. The van der Waals surface area contributed by atoms with Crippen molar-refractivity contribution in [3.8, 4) is 0 Å². The van der Waals surface area contributed by atoms with Crippen LogP contribution in [0.2, 0.25) is 0 Å². The number of aliphatic carboxylic acids is 1. The van der Waals surface area contributed by atoms with Gasteiger partial charge in [0.25, 0.3) is 5.56 Å². The number of carboxylic acids is 1. The molecule has 0 radical (unpaired) electrons. The molecule has 3 heterocycles. The van der Waals surface area contributed by atoms with Crippen molar-refractivity contribution in [1.29, 1.82) is 0 Å². The van der Waals surface area contributed by atoms with Gasteiger partial charge < -0.3 is 20.2 Å². The first-order valence-corrected chi connectivity index (χ1v) is 12.8. The monoisotopic (exact) mass is 466 g/mol. The first-order chi connectivity index (χ1) is 16.5. The normalized spacial score (nSPS) is 30.5. The Kier molecular flexibility index (Phi) is 6.68. The predicted molar refractivity (Wildman–Crippen MR) is 129 cm³/mol. The summed E-state index contributed by atoms with van der Waals surface area (Å²) in [7, 11) is 0. The van der Waals surface area contributed by atoms with E-state index in [1.807, 2.05) is 12.1 Å². The van der Waals surface area contributed by atoms with Crippen LogP contribution in [-0.4, -0.2) is 43.6 Å². The summed E-state index contributed by atoms with van der Waals surface area (Å²) < 4.78 is 1.64. The maximum absolute atomic E-state index is 13.0. The number of carboxylic acid groups (broad SMARTS) is 1. The highest BCUT2D eigenvalue weighted by Crippen LogP contribution is 2.39. The molecule has 2 aliphatic heterocycles. The number of carbonyl (C=O) groups is 1. The molecule has 2 atom stereocenters. The molecule has 3 N–H and O–H groups in total. The van der Waals surface area contributed by atoms with Crippen molar-refractivity contribution in [2.24, 2.45) is 17.0 Å². The number of para-hydroxylation sites is 2. The molecule has 34 heavy (non-hydrogen) atoms. The zero-order valence-electron chi connectivity index (χ0n) is 19.5. The average Bonchev–Trinajstić information content (AvgIpc) is 3.17. The van der Waals surface area contributed by atoms with E-state index >= 15 is 0 Å². The van der Waals surface area contributed by atoms with Gasteiger partial charge in [-0.2, -0.15) is 0 Å². The van der Waals surface area contributed by atoms with E-state index < -0.39 is 17.2 Å². The van der Waals surface area contributed by atoms with Gasteiger partial charge in [-0.05, 0) is 56.1 Å². The summed E-state index contributed by atoms with van der Waals surface area (Å²) in [5, 5.41) is 24.6. The second-order valence-corrected chi connectivity index (χ2v) is 10.5. The van der Waals surface area contributed by atoms with Crippen molar-refractivity contribution < 1.29 is 15.1 Å². The van der Waals surface area contributed by atoms with Crippen molar-refractivity contribution in [2.75, 3.05) is 0 Å². The third kappa shape index (κ3) is 4.60. The molecule has 1 aromatic heterocycles. The van der Waals surface area contributed by atoms with Gasteiger partial charge in [0.15, 0.2) is 5.69 Å². The van der Waals surface area contributed by atoms with Gasteiger partial charge in [-0.25, -0.2) is 9.78 Å². The van der Waals surface area contributed by atoms with Gasteiger partial charge in [-0.15, -0.1) is 0 Å². The lowest BCUT2D eigenvalue weighted by Gasteiger charge is -2.33. The van der Waals surface area contributed by atoms with Crippen LogP contribution in [-0.2, 0) is 4.79 Å². The van der Waals surface area contributed by atoms with Gasteiger partial charge in [0.2, 0.25) is 5.71 Å². The largest absolute Gasteiger partial charge is 0.476 e. The number of oxime groups is 1. The first kappa shape index (κ1) is 23.0. The summed E-state index contributed by atoms with van der Waals surface area (Å²) in [5.41, 5.74) is -0.420. The number of hydrogen-bond acceptors (Lipinski definition) is 6. The lowest BCUT2D eigenvalue weighted by Crippen LogP contribution is -2.42. The summed E-state index contributed by atoms with van der Waals surface area (Å²) in [5.74, 6) is 0.814. The van der Waals surface area contributed by atoms with E-state index in [1.54, 1.807) is 48.8 Å². The molecule has 0 spiro atoms. The van der Waals surface area contributed by atoms with E-state index in [0.717, 1.165) is 37.5 Å². The summed E-state index contributed by atoms with van der Waals surface area (Å²) >= 11 is 0. The molecule has 4 bridgehead atoms. The summed E-state index contributed by atoms with van der Waals surface area (Å²) in [6.45, 7) is 0. The molecule has 8 heteroatoms. The van der Waals surface area contributed by atoms with Crippen LogP contribution in [0, 0.1) is 11.8 Å². The quantitative estimate of drug-likeness (QED) is 0.356. The molecule has 4 fully saturated rings. The molecular formula is C26H34N4O4. The third-order valence-corrected chi connectivity index (χ3v) is 8.25. The highest BCUT2D eigenvalue weighted by molar-refractivity contribution is 6.41. The van der Waals surface area contributed by atoms with Crippen LogP contribution in [0.1, 0.15) is 82.4 Å². The van der Waals surface area contributed by atoms with E-state index in [9.17, 15) is 14.7 Å². The lowest BCUT2D eigenvalue weighted by molar-refractivity contribution is -0.129. The van der Waals surface area contributed by atoms with E-state index in [0.29, 0.717) is 23.1 Å². The van der Waals surface area contributed by atoms with Crippen LogP contribution in [0.4, 0.5) is 0 Å². The summed E-state index contributed by atoms with van der Waals surface area (Å²) in [4.78, 5) is 28.5. The number of rotatable bonds is 3. The molecule has 2 aliphatic carbocycles. The number of benzene rings is 1. The van der Waals surface area contributed by atoms with Crippen LogP contribution in [0.3, 0.4) is 0 Å². The van der Waals surface area contributed by atoms with Gasteiger partial charge >= 0.3 is 5.97 Å². The van der Waals surface area contributed by atoms with Crippen LogP contribution in [0.15, 0.2) is 34.2 Å². The Morgan fingerprint density at radius 2 is 1.59 bits per heavy atom. The van der Waals surface area contributed by atoms with Crippen molar-refractivity contribution >= 4 is 22.7 Å². The van der Waals surface area contributed by atoms with Gasteiger partial charge in [0, 0.05) is 18.1 Å². The average molecular weight is 467 g/mol. The number of nitrogens with one attached hydrogen (secondary N) is 1. The minimum Gasteiger partial charge on any atom is -0.476 e. The third-order valence-electron chi connectivity index (χ3n) is 8.25. The van der Waals surface area contributed by atoms with Gasteiger partial charge in [0.05, 0.1) is 11.0 Å². The molecule has 1 aromatic carbocycles. The number of fused-ring (bicyclic) bond motifs is 5. The summed E-state index contributed by atoms with van der Waals surface area (Å²) in [6.07, 6.45) is 14.7. The Labute approximate surface area is 199 Å². The van der Waals surface area contributed by atoms with Crippen molar-refractivity contribution in [3.63, 3.8) is 0 Å². The minimum absolute atomic E-state index is 0.0355. The fourth-order valence-electron chi connectivity index (χ4n) is 6.72. The Morgan fingerprint density at radius 1 is 0.971 bits per heavy atom. The van der Waals surface area contributed by atoms with Crippen LogP contribution in [0.25, 0.3) is 11.0 Å². The predicted octanol–water partition coefficient (Wildman–Crippen LogP) is 4.09. The zero-order chi connectivity index (χ0) is 23.7. The number of nitrogens with zero attached hydrogens (tertiary/aromatic N) is 3. The SMILES string of the molecule is C1CC2CCCC(C1)C2.O=C(O)/C(=N\O)c1nc2ccccc2n(C2CC3CCC(C2)N3)c1=O. The molecule has 2 saturated carbocycles. The lowest BCUT2D eigenvalue weighted by atomic mass is 9.72. The van der Waals surface area contributed by atoms with E-state index in [-0.39, 0.29) is 11.7 Å². The molecule has 182 valence electrons. The van der Waals surface area contributed by atoms with Gasteiger partial charge in [0.1, 0.15) is 0 Å². The molecule has 2 saturated heterocycles. The molecule has 2 unspecified atom stereocenters. The van der Waals surface area contributed by atoms with Crippen LogP contribution < -0.4 is 10.9 Å². The highest BCUT2D eigenvalue weighted by Gasteiger charge is 2.36. The number of hydrogen-bond donors (Lipinski definition) is 3. The van der Waals surface area contributed by atoms with Crippen LogP contribution in [0.5, 0.6) is 0 Å². The number of piperidine rings is 1. The van der Waals surface area contributed by atoms with Gasteiger partial charge in [-0.3, -0.25) is 4.79 Å². The molecule has 4 aliphatic rings. The fraction of sp³-hybridized carbons (Fsp3) is 0.615. The topological polar surface area (TPSA) is 117 Å². The second-order valence-electron chi connectivity index (χ2n) is 10.5. The maximum Gasteiger partial charge on any atom is 0.360 e. The number of aromatic nitrogens is 2. The Morgan fingerprint density at radius 3 is 2.15 bits per heavy atom. The van der Waals surface area contributed by atoms with Gasteiger partial charge in [-0.1, -0.05) is 55.8 Å². The van der Waals surface area contributed by atoms with Crippen LogP contribution >= 0.6 is 0 Å². The van der Waals surface area contributed by atoms with Crippen molar-refractivity contribution in [3.05, 3.63) is 40.3 Å². The Balaban J connectivity index is 0.000000222. The van der Waals surface area contributed by atoms with Crippen molar-refractivity contribution in [1.82, 2.24) is 14.9 Å². The Hall–Kier alpha value is -2.74. The second kappa shape index (κ2) is 9.86. The van der Waals surface area contributed by atoms with Crippen molar-refractivity contribution in [2.45, 2.75) is 88.8 Å². The standard InChI is InChI=1S/C17H18N4O4.C9H16/c22-16-14(15(20-25)17(23)24)19-12-3-1-2-4-13(12)21(16)11-7-9-5-6-10(8-11)18-9;1-3-8-5-2-6-9(4-1)7-8/h1-4,9-11,18,25H,5-8H2,(H,23,24);8-9H,1-7H2/b20-15-;. The highest BCUT2D eigenvalue weighted by atomic mass is 16.4. The summed E-state index contributed by atoms with van der Waals surface area (Å²) in [6, 6.07) is 7.85. The fourth-order valence-corrected chi connectivity index (χ4v) is 6.72. The van der Waals surface area contributed by atoms with E-state index in [1.165, 1.54) is 12.8 Å². The molecule has 0 amide bonds.